The summed E-state index contributed by atoms with van der Waals surface area (Å²) in [7, 11) is 1.98. The molecule has 3 rings (SSSR count). The molecule has 0 aromatic carbocycles. The van der Waals surface area contributed by atoms with Gasteiger partial charge in [-0.15, -0.1) is 11.3 Å². The number of hydrogen-bond donors (Lipinski definition) is 0. The Morgan fingerprint density at radius 1 is 1.44 bits per heavy atom. The van der Waals surface area contributed by atoms with Crippen LogP contribution in [-0.4, -0.2) is 23.9 Å². The van der Waals surface area contributed by atoms with E-state index in [1.54, 1.807) is 11.3 Å². The second-order valence-electron chi connectivity index (χ2n) is 6.01. The van der Waals surface area contributed by atoms with Crippen LogP contribution in [0.3, 0.4) is 0 Å². The molecule has 3 atom stereocenters. The third-order valence-electron chi connectivity index (χ3n) is 4.68. The van der Waals surface area contributed by atoms with Gasteiger partial charge < -0.3 is 4.90 Å². The van der Waals surface area contributed by atoms with Crippen LogP contribution in [-0.2, 0) is 11.2 Å². The van der Waals surface area contributed by atoms with Crippen LogP contribution in [0.15, 0.2) is 17.5 Å². The normalized spacial score (nSPS) is 30.9. The molecule has 2 fully saturated rings. The van der Waals surface area contributed by atoms with E-state index < -0.39 is 0 Å². The first-order valence-corrected chi connectivity index (χ1v) is 7.82. The van der Waals surface area contributed by atoms with Gasteiger partial charge in [0.05, 0.1) is 0 Å². The Morgan fingerprint density at radius 2 is 2.17 bits per heavy atom. The summed E-state index contributed by atoms with van der Waals surface area (Å²) in [5, 5.41) is 2.11. The van der Waals surface area contributed by atoms with Gasteiger partial charge in [-0.05, 0) is 49.5 Å². The lowest BCUT2D eigenvalue weighted by Gasteiger charge is -2.28. The molecule has 1 aromatic heterocycles. The number of carbonyl (C=O) groups excluding carboxylic acids is 1. The molecule has 2 aliphatic rings. The van der Waals surface area contributed by atoms with Gasteiger partial charge in [0, 0.05) is 30.3 Å². The Bertz CT molecular complexity index is 418. The Kier molecular flexibility index (Phi) is 3.18. The summed E-state index contributed by atoms with van der Waals surface area (Å²) in [6.07, 6.45) is 4.68. The third-order valence-corrected chi connectivity index (χ3v) is 5.58. The highest BCUT2D eigenvalue weighted by molar-refractivity contribution is 7.09. The summed E-state index contributed by atoms with van der Waals surface area (Å²) < 4.78 is 0. The number of fused-ring (bicyclic) bond motifs is 1. The number of amides is 1. The maximum atomic E-state index is 12.4. The molecule has 2 nitrogen and oxygen atoms in total. The van der Waals surface area contributed by atoms with Crippen molar-refractivity contribution < 1.29 is 4.79 Å². The van der Waals surface area contributed by atoms with Gasteiger partial charge in [-0.3, -0.25) is 4.79 Å². The third kappa shape index (κ3) is 2.33. The first-order valence-electron chi connectivity index (χ1n) is 6.94. The second kappa shape index (κ2) is 4.69. The molecule has 3 heteroatoms. The molecule has 0 N–H and O–H groups in total. The van der Waals surface area contributed by atoms with Gasteiger partial charge in [0.1, 0.15) is 0 Å². The van der Waals surface area contributed by atoms with E-state index in [0.717, 1.165) is 31.1 Å². The summed E-state index contributed by atoms with van der Waals surface area (Å²) in [6.45, 7) is 2.16. The quantitative estimate of drug-likeness (QED) is 0.817. The molecule has 0 bridgehead atoms. The Hall–Kier alpha value is -0.830. The van der Waals surface area contributed by atoms with Crippen LogP contribution < -0.4 is 0 Å². The lowest BCUT2D eigenvalue weighted by atomic mass is 10.0. The molecule has 1 amide bonds. The minimum Gasteiger partial charge on any atom is -0.342 e. The van der Waals surface area contributed by atoms with E-state index >= 15 is 0 Å². The summed E-state index contributed by atoms with van der Waals surface area (Å²) in [6, 6.07) is 4.55. The molecule has 2 aliphatic carbocycles. The predicted octanol–water partition coefficient (Wildman–Crippen LogP) is 3.18. The van der Waals surface area contributed by atoms with Crippen LogP contribution in [0.1, 0.15) is 31.1 Å². The van der Waals surface area contributed by atoms with E-state index in [1.807, 2.05) is 11.9 Å². The summed E-state index contributed by atoms with van der Waals surface area (Å²) >= 11 is 1.78. The number of likely N-dealkylation sites (N-methyl/N-ethyl adjacent to an activating group) is 1. The highest BCUT2D eigenvalue weighted by Crippen LogP contribution is 2.54. The fraction of sp³-hybridized carbons (Fsp3) is 0.667. The van der Waals surface area contributed by atoms with E-state index in [4.69, 9.17) is 0 Å². The van der Waals surface area contributed by atoms with Crippen LogP contribution >= 0.6 is 11.3 Å². The first-order chi connectivity index (χ1) is 8.65. The largest absolute Gasteiger partial charge is 0.342 e. The second-order valence-corrected chi connectivity index (χ2v) is 7.04. The van der Waals surface area contributed by atoms with Crippen molar-refractivity contribution in [3.63, 3.8) is 0 Å². The van der Waals surface area contributed by atoms with Crippen molar-refractivity contribution in [1.82, 2.24) is 4.90 Å². The van der Waals surface area contributed by atoms with Crippen LogP contribution in [0.2, 0.25) is 0 Å². The molecule has 18 heavy (non-hydrogen) atoms. The van der Waals surface area contributed by atoms with Crippen molar-refractivity contribution in [3.8, 4) is 0 Å². The van der Waals surface area contributed by atoms with E-state index in [1.165, 1.54) is 11.3 Å². The molecule has 2 saturated carbocycles. The minimum absolute atomic E-state index is 0.313. The van der Waals surface area contributed by atoms with E-state index in [2.05, 4.69) is 24.4 Å². The topological polar surface area (TPSA) is 20.3 Å². The maximum Gasteiger partial charge on any atom is 0.225 e. The lowest BCUT2D eigenvalue weighted by molar-refractivity contribution is -0.136. The SMILES string of the molecule is CC(Cc1cccs1)N(C)C(=O)C1CC2CC2C1. The first kappa shape index (κ1) is 12.2. The Labute approximate surface area is 113 Å². The van der Waals surface area contributed by atoms with Crippen LogP contribution in [0, 0.1) is 17.8 Å². The smallest absolute Gasteiger partial charge is 0.225 e. The fourth-order valence-electron chi connectivity index (χ4n) is 3.28. The van der Waals surface area contributed by atoms with Crippen molar-refractivity contribution >= 4 is 17.2 Å². The maximum absolute atomic E-state index is 12.4. The van der Waals surface area contributed by atoms with Gasteiger partial charge in [0.25, 0.3) is 0 Å². The molecule has 0 radical (unpaired) electrons. The molecular formula is C15H21NOS. The fourth-order valence-corrected chi connectivity index (χ4v) is 4.10. The molecule has 0 aliphatic heterocycles. The highest BCUT2D eigenvalue weighted by atomic mass is 32.1. The number of carbonyl (C=O) groups is 1. The molecular weight excluding hydrogens is 242 g/mol. The summed E-state index contributed by atoms with van der Waals surface area (Å²) in [5.41, 5.74) is 0. The standard InChI is InChI=1S/C15H21NOS/c1-10(6-14-4-3-5-18-14)16(2)15(17)13-8-11-7-12(11)9-13/h3-5,10-13H,6-9H2,1-2H3. The average molecular weight is 263 g/mol. The predicted molar refractivity (Wildman–Crippen MR) is 74.6 cm³/mol. The van der Waals surface area contributed by atoms with Crippen LogP contribution in [0.25, 0.3) is 0 Å². The summed E-state index contributed by atoms with van der Waals surface area (Å²) in [5.74, 6) is 2.48. The number of nitrogens with zero attached hydrogens (tertiary/aromatic N) is 1. The Morgan fingerprint density at radius 3 is 2.78 bits per heavy atom. The van der Waals surface area contributed by atoms with E-state index in [0.29, 0.717) is 17.9 Å². The zero-order valence-corrected chi connectivity index (χ0v) is 12.0. The Balaban J connectivity index is 1.56. The van der Waals surface area contributed by atoms with E-state index in [-0.39, 0.29) is 0 Å². The van der Waals surface area contributed by atoms with Crippen LogP contribution in [0.5, 0.6) is 0 Å². The van der Waals surface area contributed by atoms with Gasteiger partial charge in [-0.25, -0.2) is 0 Å². The molecule has 0 saturated heterocycles. The zero-order chi connectivity index (χ0) is 12.7. The monoisotopic (exact) mass is 263 g/mol. The average Bonchev–Trinajstić information content (AvgIpc) is 2.82. The van der Waals surface area contributed by atoms with Crippen molar-refractivity contribution in [3.05, 3.63) is 22.4 Å². The van der Waals surface area contributed by atoms with Gasteiger partial charge in [0.15, 0.2) is 0 Å². The number of rotatable bonds is 4. The molecule has 1 heterocycles. The molecule has 1 aromatic rings. The van der Waals surface area contributed by atoms with Crippen molar-refractivity contribution in [2.45, 2.75) is 38.6 Å². The van der Waals surface area contributed by atoms with Crippen molar-refractivity contribution in [2.24, 2.45) is 17.8 Å². The lowest BCUT2D eigenvalue weighted by Crippen LogP contribution is -2.39. The van der Waals surface area contributed by atoms with Gasteiger partial charge in [-0.2, -0.15) is 0 Å². The van der Waals surface area contributed by atoms with Crippen LogP contribution in [0.4, 0.5) is 0 Å². The van der Waals surface area contributed by atoms with Crippen molar-refractivity contribution in [2.75, 3.05) is 7.05 Å². The number of hydrogen-bond acceptors (Lipinski definition) is 2. The molecule has 3 unspecified atom stereocenters. The van der Waals surface area contributed by atoms with Gasteiger partial charge in [0.2, 0.25) is 5.91 Å². The zero-order valence-electron chi connectivity index (χ0n) is 11.1. The highest BCUT2D eigenvalue weighted by Gasteiger charge is 2.48. The minimum atomic E-state index is 0.313. The summed E-state index contributed by atoms with van der Waals surface area (Å²) in [4.78, 5) is 15.8. The molecule has 0 spiro atoms. The van der Waals surface area contributed by atoms with Crippen molar-refractivity contribution in [1.29, 1.82) is 0 Å². The van der Waals surface area contributed by atoms with E-state index in [9.17, 15) is 4.79 Å². The van der Waals surface area contributed by atoms with Gasteiger partial charge >= 0.3 is 0 Å². The van der Waals surface area contributed by atoms with Gasteiger partial charge in [-0.1, -0.05) is 6.07 Å². The molecule has 98 valence electrons. The number of thiophene rings is 1.